The molecule has 1 amide bonds. The molecule has 0 aromatic heterocycles. The molecule has 0 saturated heterocycles. The molecule has 38 heavy (non-hydrogen) atoms. The molecule has 6 nitrogen and oxygen atoms in total. The fourth-order valence-corrected chi connectivity index (χ4v) is 4.90. The van der Waals surface area contributed by atoms with E-state index in [0.717, 1.165) is 36.9 Å². The van der Waals surface area contributed by atoms with E-state index in [1.54, 1.807) is 30.3 Å². The summed E-state index contributed by atoms with van der Waals surface area (Å²) in [4.78, 5) is 36.0. The number of carbonyl (C=O) groups excluding carboxylic acids is 2. The van der Waals surface area contributed by atoms with E-state index in [1.807, 2.05) is 49.2 Å². The lowest BCUT2D eigenvalue weighted by molar-refractivity contribution is -0.134. The van der Waals surface area contributed by atoms with Gasteiger partial charge < -0.3 is 14.7 Å². The number of carbonyl (C=O) groups is 2. The van der Waals surface area contributed by atoms with E-state index in [0.29, 0.717) is 29.5 Å². The number of benzene rings is 2. The van der Waals surface area contributed by atoms with Crippen molar-refractivity contribution in [3.63, 3.8) is 0 Å². The number of hydrogen-bond donors (Lipinski definition) is 0. The minimum absolute atomic E-state index is 0.0199. The lowest BCUT2D eigenvalue weighted by Crippen LogP contribution is -2.47. The van der Waals surface area contributed by atoms with Gasteiger partial charge in [0.25, 0.3) is 0 Å². The molecule has 0 radical (unpaired) electrons. The van der Waals surface area contributed by atoms with Gasteiger partial charge in [0, 0.05) is 43.7 Å². The monoisotopic (exact) mass is 540 g/mol. The van der Waals surface area contributed by atoms with Crippen molar-refractivity contribution in [3.8, 4) is 0 Å². The summed E-state index contributed by atoms with van der Waals surface area (Å²) in [5.41, 5.74) is 2.61. The van der Waals surface area contributed by atoms with Crippen molar-refractivity contribution in [1.82, 2.24) is 14.7 Å². The topological polar surface area (TPSA) is 56.2 Å². The van der Waals surface area contributed by atoms with Crippen LogP contribution < -0.4 is 0 Å². The van der Waals surface area contributed by atoms with Crippen molar-refractivity contribution >= 4 is 29.1 Å². The van der Waals surface area contributed by atoms with Gasteiger partial charge in [-0.2, -0.15) is 0 Å². The lowest BCUT2D eigenvalue weighted by Gasteiger charge is -2.34. The van der Waals surface area contributed by atoms with Crippen molar-refractivity contribution in [1.29, 1.82) is 0 Å². The number of likely N-dealkylation sites (N-methyl/N-ethyl adjacent to an activating group) is 1. The van der Waals surface area contributed by atoms with Crippen LogP contribution in [0.3, 0.4) is 0 Å². The molecule has 0 aliphatic heterocycles. The molecule has 0 heterocycles. The van der Waals surface area contributed by atoms with Crippen molar-refractivity contribution in [2.24, 2.45) is 4.99 Å². The molecule has 2 rings (SSSR count). The molecule has 0 spiro atoms. The second-order valence-electron chi connectivity index (χ2n) is 9.33. The number of amidine groups is 1. The fourth-order valence-electron chi connectivity index (χ4n) is 4.00. The van der Waals surface area contributed by atoms with Crippen LogP contribution in [0.4, 0.5) is 4.39 Å². The Hall–Kier alpha value is -2.97. The van der Waals surface area contributed by atoms with E-state index >= 15 is 0 Å². The SMILES string of the molecule is CCCC(C=O)=CN(CC(=O)N(Cc1ccccc1)C(C)CN(C)CC)C(=NC)SCc1ccc(F)cc1. The van der Waals surface area contributed by atoms with Crippen molar-refractivity contribution in [2.75, 3.05) is 33.7 Å². The van der Waals surface area contributed by atoms with Gasteiger partial charge in [0.1, 0.15) is 18.6 Å². The number of thioether (sulfide) groups is 1. The van der Waals surface area contributed by atoms with Gasteiger partial charge >= 0.3 is 0 Å². The van der Waals surface area contributed by atoms with Crippen LogP contribution in [0.5, 0.6) is 0 Å². The van der Waals surface area contributed by atoms with Gasteiger partial charge in [0.05, 0.1) is 0 Å². The average molecular weight is 541 g/mol. The number of halogens is 1. The Kier molecular flexibility index (Phi) is 13.8. The molecule has 0 fully saturated rings. The maximum atomic E-state index is 13.9. The second kappa shape index (κ2) is 16.8. The molecule has 0 aliphatic rings. The predicted octanol–water partition coefficient (Wildman–Crippen LogP) is 5.60. The molecule has 2 aromatic carbocycles. The van der Waals surface area contributed by atoms with Crippen LogP contribution in [0, 0.1) is 5.82 Å². The first-order chi connectivity index (χ1) is 18.3. The first-order valence-corrected chi connectivity index (χ1v) is 14.1. The summed E-state index contributed by atoms with van der Waals surface area (Å²) < 4.78 is 13.4. The summed E-state index contributed by atoms with van der Waals surface area (Å²) in [5, 5.41) is 0.621. The summed E-state index contributed by atoms with van der Waals surface area (Å²) in [6, 6.07) is 16.3. The number of amides is 1. The van der Waals surface area contributed by atoms with Crippen LogP contribution in [-0.4, -0.2) is 71.8 Å². The Morgan fingerprint density at radius 2 is 1.76 bits per heavy atom. The zero-order valence-corrected chi connectivity index (χ0v) is 24.1. The standard InChI is InChI=1S/C30H41FN4O2S/c1-6-11-27(22-36)19-34(30(32-4)38-23-26-14-16-28(31)17-15-26)21-29(37)35(24(3)18-33(5)7-2)20-25-12-9-8-10-13-25/h8-10,12-17,19,22,24H,6-7,11,18,20-21,23H2,1-5H3. The third-order valence-corrected chi connectivity index (χ3v) is 7.35. The van der Waals surface area contributed by atoms with Crippen LogP contribution in [0.1, 0.15) is 44.7 Å². The maximum absolute atomic E-state index is 13.9. The molecule has 1 unspecified atom stereocenters. The zero-order valence-electron chi connectivity index (χ0n) is 23.3. The number of allylic oxidation sites excluding steroid dienone is 1. The molecule has 0 saturated carbocycles. The van der Waals surface area contributed by atoms with E-state index in [9.17, 15) is 14.0 Å². The minimum atomic E-state index is -0.283. The van der Waals surface area contributed by atoms with Crippen LogP contribution >= 0.6 is 11.8 Å². The molecule has 206 valence electrons. The Morgan fingerprint density at radius 3 is 2.34 bits per heavy atom. The summed E-state index contributed by atoms with van der Waals surface area (Å²) >= 11 is 1.45. The Morgan fingerprint density at radius 1 is 1.08 bits per heavy atom. The molecular formula is C30H41FN4O2S. The largest absolute Gasteiger partial charge is 0.333 e. The average Bonchev–Trinajstić information content (AvgIpc) is 2.92. The quantitative estimate of drug-likeness (QED) is 0.135. The number of rotatable bonds is 14. The van der Waals surface area contributed by atoms with Crippen LogP contribution in [0.2, 0.25) is 0 Å². The van der Waals surface area contributed by atoms with E-state index in [2.05, 4.69) is 23.7 Å². The smallest absolute Gasteiger partial charge is 0.243 e. The third kappa shape index (κ3) is 10.4. The lowest BCUT2D eigenvalue weighted by atomic mass is 10.1. The highest BCUT2D eigenvalue weighted by atomic mass is 32.2. The molecule has 0 aliphatic carbocycles. The van der Waals surface area contributed by atoms with E-state index < -0.39 is 0 Å². The van der Waals surface area contributed by atoms with E-state index in [1.165, 1.54) is 23.9 Å². The molecule has 1 atom stereocenters. The number of hydrogen-bond acceptors (Lipinski definition) is 5. The van der Waals surface area contributed by atoms with Crippen LogP contribution in [0.15, 0.2) is 71.4 Å². The van der Waals surface area contributed by atoms with Crippen molar-refractivity contribution in [2.45, 2.75) is 52.0 Å². The maximum Gasteiger partial charge on any atom is 0.243 e. The summed E-state index contributed by atoms with van der Waals surface area (Å²) in [5.74, 6) is 0.225. The van der Waals surface area contributed by atoms with Crippen molar-refractivity contribution < 1.29 is 14.0 Å². The molecular weight excluding hydrogens is 499 g/mol. The zero-order chi connectivity index (χ0) is 27.9. The highest BCUT2D eigenvalue weighted by Gasteiger charge is 2.25. The van der Waals surface area contributed by atoms with Gasteiger partial charge in [0.2, 0.25) is 5.91 Å². The molecule has 0 N–H and O–H groups in total. The van der Waals surface area contributed by atoms with Gasteiger partial charge in [-0.3, -0.25) is 14.6 Å². The third-order valence-electron chi connectivity index (χ3n) is 6.20. The van der Waals surface area contributed by atoms with Crippen LogP contribution in [-0.2, 0) is 21.9 Å². The van der Waals surface area contributed by atoms with E-state index in [-0.39, 0.29) is 24.3 Å². The van der Waals surface area contributed by atoms with E-state index in [4.69, 9.17) is 0 Å². The van der Waals surface area contributed by atoms with Crippen molar-refractivity contribution in [3.05, 3.63) is 83.3 Å². The van der Waals surface area contributed by atoms with Gasteiger partial charge in [-0.25, -0.2) is 4.39 Å². The molecule has 8 heteroatoms. The van der Waals surface area contributed by atoms with Gasteiger partial charge in [0.15, 0.2) is 5.17 Å². The molecule has 0 bridgehead atoms. The number of nitrogens with zero attached hydrogens (tertiary/aromatic N) is 4. The van der Waals surface area contributed by atoms with Crippen LogP contribution in [0.25, 0.3) is 0 Å². The highest BCUT2D eigenvalue weighted by molar-refractivity contribution is 8.13. The van der Waals surface area contributed by atoms with Gasteiger partial charge in [-0.05, 0) is 50.2 Å². The summed E-state index contributed by atoms with van der Waals surface area (Å²) in [6.07, 6.45) is 4.02. The predicted molar refractivity (Wildman–Crippen MR) is 156 cm³/mol. The Bertz CT molecular complexity index is 1060. The Balaban J connectivity index is 2.33. The minimum Gasteiger partial charge on any atom is -0.333 e. The van der Waals surface area contributed by atoms with Gasteiger partial charge in [-0.1, -0.05) is 74.5 Å². The highest BCUT2D eigenvalue weighted by Crippen LogP contribution is 2.20. The van der Waals surface area contributed by atoms with Gasteiger partial charge in [-0.15, -0.1) is 0 Å². The first kappa shape index (κ1) is 31.2. The first-order valence-electron chi connectivity index (χ1n) is 13.1. The summed E-state index contributed by atoms with van der Waals surface area (Å²) in [7, 11) is 3.73. The second-order valence-corrected chi connectivity index (χ2v) is 10.3. The number of aliphatic imine (C=N–C) groups is 1. The Labute approximate surface area is 231 Å². The molecule has 2 aromatic rings. The normalized spacial score (nSPS) is 12.9. The number of aldehydes is 1. The fraction of sp³-hybridized carbons (Fsp3) is 0.433. The summed E-state index contributed by atoms with van der Waals surface area (Å²) in [6.45, 7) is 8.36.